The van der Waals surface area contributed by atoms with Crippen molar-refractivity contribution in [2.24, 2.45) is 0 Å². The van der Waals surface area contributed by atoms with E-state index in [-0.39, 0.29) is 17.9 Å². The van der Waals surface area contributed by atoms with E-state index >= 15 is 0 Å². The predicted molar refractivity (Wildman–Crippen MR) is 68.0 cm³/mol. The van der Waals surface area contributed by atoms with E-state index < -0.39 is 0 Å². The van der Waals surface area contributed by atoms with E-state index in [1.54, 1.807) is 24.3 Å². The predicted octanol–water partition coefficient (Wildman–Crippen LogP) is 2.17. The van der Waals surface area contributed by atoms with Crippen LogP contribution in [-0.2, 0) is 4.79 Å². The molecule has 0 saturated carbocycles. The van der Waals surface area contributed by atoms with Gasteiger partial charge in [-0.3, -0.25) is 9.59 Å². The zero-order valence-electron chi connectivity index (χ0n) is 10.4. The van der Waals surface area contributed by atoms with Crippen molar-refractivity contribution in [2.75, 3.05) is 5.32 Å². The molecule has 0 aromatic heterocycles. The van der Waals surface area contributed by atoms with Crippen LogP contribution < -0.4 is 10.6 Å². The van der Waals surface area contributed by atoms with Crippen LogP contribution in [-0.4, -0.2) is 17.9 Å². The van der Waals surface area contributed by atoms with Crippen LogP contribution in [0.15, 0.2) is 24.3 Å². The van der Waals surface area contributed by atoms with Gasteiger partial charge in [-0.25, -0.2) is 0 Å². The quantitative estimate of drug-likeness (QED) is 0.838. The van der Waals surface area contributed by atoms with Crippen molar-refractivity contribution in [3.05, 3.63) is 29.8 Å². The fourth-order valence-corrected chi connectivity index (χ4v) is 1.35. The molecule has 0 unspecified atom stereocenters. The third-order valence-corrected chi connectivity index (χ3v) is 2.43. The molecule has 2 amide bonds. The van der Waals surface area contributed by atoms with Crippen LogP contribution in [0.25, 0.3) is 0 Å². The summed E-state index contributed by atoms with van der Waals surface area (Å²) in [5, 5.41) is 5.52. The Morgan fingerprint density at radius 1 is 1.35 bits per heavy atom. The highest BCUT2D eigenvalue weighted by atomic mass is 16.2. The Labute approximate surface area is 101 Å². The fourth-order valence-electron chi connectivity index (χ4n) is 1.35. The summed E-state index contributed by atoms with van der Waals surface area (Å²) in [6.45, 7) is 5.40. The minimum atomic E-state index is -0.149. The number of nitrogens with one attached hydrogen (secondary N) is 2. The summed E-state index contributed by atoms with van der Waals surface area (Å²) in [5.41, 5.74) is 1.19. The molecule has 0 fully saturated rings. The van der Waals surface area contributed by atoms with Gasteiger partial charge in [0.2, 0.25) is 5.91 Å². The summed E-state index contributed by atoms with van der Waals surface area (Å²) < 4.78 is 0. The molecule has 1 aromatic carbocycles. The summed E-state index contributed by atoms with van der Waals surface area (Å²) >= 11 is 0. The first-order chi connectivity index (χ1) is 8.02. The number of rotatable bonds is 4. The SMILES string of the molecule is CC[C@H](C)NC(=O)c1cccc(NC(C)=O)c1. The molecule has 0 saturated heterocycles. The van der Waals surface area contributed by atoms with Gasteiger partial charge in [0, 0.05) is 24.2 Å². The molecule has 0 aliphatic rings. The average molecular weight is 234 g/mol. The van der Waals surface area contributed by atoms with Gasteiger partial charge in [-0.15, -0.1) is 0 Å². The highest BCUT2D eigenvalue weighted by Crippen LogP contribution is 2.10. The van der Waals surface area contributed by atoms with E-state index in [0.717, 1.165) is 6.42 Å². The molecule has 1 atom stereocenters. The first kappa shape index (κ1) is 13.2. The zero-order chi connectivity index (χ0) is 12.8. The second-order valence-corrected chi connectivity index (χ2v) is 4.04. The van der Waals surface area contributed by atoms with Gasteiger partial charge < -0.3 is 10.6 Å². The highest BCUT2D eigenvalue weighted by molar-refractivity contribution is 5.96. The summed E-state index contributed by atoms with van der Waals surface area (Å²) in [6, 6.07) is 7.03. The maximum Gasteiger partial charge on any atom is 0.251 e. The van der Waals surface area contributed by atoms with Crippen molar-refractivity contribution >= 4 is 17.5 Å². The number of hydrogen-bond donors (Lipinski definition) is 2. The normalized spacial score (nSPS) is 11.7. The molecule has 0 bridgehead atoms. The van der Waals surface area contributed by atoms with E-state index in [9.17, 15) is 9.59 Å². The number of amides is 2. The molecule has 17 heavy (non-hydrogen) atoms. The maximum absolute atomic E-state index is 11.8. The average Bonchev–Trinajstić information content (AvgIpc) is 2.28. The van der Waals surface area contributed by atoms with E-state index in [0.29, 0.717) is 11.3 Å². The van der Waals surface area contributed by atoms with Gasteiger partial charge in [-0.2, -0.15) is 0 Å². The van der Waals surface area contributed by atoms with Crippen molar-refractivity contribution in [3.8, 4) is 0 Å². The third kappa shape index (κ3) is 4.26. The second kappa shape index (κ2) is 6.03. The molecule has 4 nitrogen and oxygen atoms in total. The third-order valence-electron chi connectivity index (χ3n) is 2.43. The molecule has 0 aliphatic carbocycles. The Bertz CT molecular complexity index is 416. The molecule has 0 radical (unpaired) electrons. The van der Waals surface area contributed by atoms with Crippen LogP contribution >= 0.6 is 0 Å². The largest absolute Gasteiger partial charge is 0.350 e. The first-order valence-corrected chi connectivity index (χ1v) is 5.71. The van der Waals surface area contributed by atoms with Crippen molar-refractivity contribution in [1.29, 1.82) is 0 Å². The number of anilines is 1. The number of carbonyl (C=O) groups is 2. The molecule has 1 aromatic rings. The minimum Gasteiger partial charge on any atom is -0.350 e. The monoisotopic (exact) mass is 234 g/mol. The summed E-state index contributed by atoms with van der Waals surface area (Å²) in [4.78, 5) is 22.7. The van der Waals surface area contributed by atoms with Gasteiger partial charge >= 0.3 is 0 Å². The minimum absolute atomic E-state index is 0.119. The van der Waals surface area contributed by atoms with Gasteiger partial charge in [0.15, 0.2) is 0 Å². The van der Waals surface area contributed by atoms with Crippen LogP contribution in [0.5, 0.6) is 0 Å². The maximum atomic E-state index is 11.8. The summed E-state index contributed by atoms with van der Waals surface area (Å²) in [6.07, 6.45) is 0.886. The van der Waals surface area contributed by atoms with Gasteiger partial charge in [-0.1, -0.05) is 13.0 Å². The lowest BCUT2D eigenvalue weighted by molar-refractivity contribution is -0.114. The second-order valence-electron chi connectivity index (χ2n) is 4.04. The lowest BCUT2D eigenvalue weighted by Crippen LogP contribution is -2.31. The summed E-state index contributed by atoms with van der Waals surface area (Å²) in [7, 11) is 0. The summed E-state index contributed by atoms with van der Waals surface area (Å²) in [5.74, 6) is -0.268. The Morgan fingerprint density at radius 3 is 2.65 bits per heavy atom. The van der Waals surface area contributed by atoms with Gasteiger partial charge in [0.05, 0.1) is 0 Å². The molecule has 0 spiro atoms. The van der Waals surface area contributed by atoms with Crippen LogP contribution in [0.2, 0.25) is 0 Å². The standard InChI is InChI=1S/C13H18N2O2/c1-4-9(2)14-13(17)11-6-5-7-12(8-11)15-10(3)16/h5-9H,4H2,1-3H3,(H,14,17)(H,15,16)/t9-/m0/s1. The van der Waals surface area contributed by atoms with Crippen molar-refractivity contribution in [2.45, 2.75) is 33.2 Å². The Hall–Kier alpha value is -1.84. The smallest absolute Gasteiger partial charge is 0.251 e. The molecule has 4 heteroatoms. The van der Waals surface area contributed by atoms with E-state index in [1.807, 2.05) is 13.8 Å². The lowest BCUT2D eigenvalue weighted by Gasteiger charge is -2.12. The van der Waals surface area contributed by atoms with Crippen LogP contribution in [0.1, 0.15) is 37.6 Å². The molecule has 0 heterocycles. The van der Waals surface area contributed by atoms with Crippen LogP contribution in [0, 0.1) is 0 Å². The first-order valence-electron chi connectivity index (χ1n) is 5.71. The topological polar surface area (TPSA) is 58.2 Å². The van der Waals surface area contributed by atoms with Crippen LogP contribution in [0.4, 0.5) is 5.69 Å². The fraction of sp³-hybridized carbons (Fsp3) is 0.385. The van der Waals surface area contributed by atoms with Gasteiger partial charge in [0.1, 0.15) is 0 Å². The molecule has 92 valence electrons. The highest BCUT2D eigenvalue weighted by Gasteiger charge is 2.08. The number of benzene rings is 1. The van der Waals surface area contributed by atoms with Crippen LogP contribution in [0.3, 0.4) is 0 Å². The molecule has 1 rings (SSSR count). The zero-order valence-corrected chi connectivity index (χ0v) is 10.4. The van der Waals surface area contributed by atoms with E-state index in [2.05, 4.69) is 10.6 Å². The molecule has 0 aliphatic heterocycles. The lowest BCUT2D eigenvalue weighted by atomic mass is 10.1. The van der Waals surface area contributed by atoms with Crippen molar-refractivity contribution < 1.29 is 9.59 Å². The van der Waals surface area contributed by atoms with Gasteiger partial charge in [-0.05, 0) is 31.5 Å². The Kier molecular flexibility index (Phi) is 4.69. The Morgan fingerprint density at radius 2 is 2.06 bits per heavy atom. The van der Waals surface area contributed by atoms with Crippen molar-refractivity contribution in [3.63, 3.8) is 0 Å². The molecular weight excluding hydrogens is 216 g/mol. The van der Waals surface area contributed by atoms with E-state index in [1.165, 1.54) is 6.92 Å². The molecule has 2 N–H and O–H groups in total. The van der Waals surface area contributed by atoms with E-state index in [4.69, 9.17) is 0 Å². The Balaban J connectivity index is 2.77. The number of carbonyl (C=O) groups excluding carboxylic acids is 2. The molecular formula is C13H18N2O2. The van der Waals surface area contributed by atoms with Crippen molar-refractivity contribution in [1.82, 2.24) is 5.32 Å². The van der Waals surface area contributed by atoms with Gasteiger partial charge in [0.25, 0.3) is 5.91 Å². The number of hydrogen-bond acceptors (Lipinski definition) is 2.